The number of rotatable bonds is 5. The maximum atomic E-state index is 11.0. The fraction of sp³-hybridized carbons (Fsp3) is 0.625. The van der Waals surface area contributed by atoms with Gasteiger partial charge in [0.05, 0.1) is 20.1 Å². The number of methoxy groups -OCH3 is 1. The molecule has 1 amide bonds. The zero-order valence-electron chi connectivity index (χ0n) is 8.48. The molecule has 0 radical (unpaired) electrons. The average Bonchev–Trinajstić information content (AvgIpc) is 2.16. The molecule has 2 N–H and O–H groups in total. The van der Waals surface area contributed by atoms with Gasteiger partial charge in [-0.05, 0) is 6.92 Å². The standard InChI is InChI=1S/C8H13NO6/c1-3-15-6(10)4-5(7(11)12)9-8(13)14-2/h5H,3-4H2,1-2H3,(H,9,13)(H,11,12)/t5-/m0/s1. The summed E-state index contributed by atoms with van der Waals surface area (Å²) in [6.45, 7) is 1.75. The molecule has 7 nitrogen and oxygen atoms in total. The van der Waals surface area contributed by atoms with E-state index in [1.165, 1.54) is 0 Å². The van der Waals surface area contributed by atoms with Gasteiger partial charge in [-0.2, -0.15) is 0 Å². The van der Waals surface area contributed by atoms with Crippen molar-refractivity contribution in [2.24, 2.45) is 0 Å². The van der Waals surface area contributed by atoms with Crippen LogP contribution in [0.1, 0.15) is 13.3 Å². The predicted molar refractivity (Wildman–Crippen MR) is 48.2 cm³/mol. The molecule has 7 heteroatoms. The lowest BCUT2D eigenvalue weighted by Crippen LogP contribution is -2.42. The number of carboxylic acids is 1. The quantitative estimate of drug-likeness (QED) is 0.618. The van der Waals surface area contributed by atoms with Gasteiger partial charge < -0.3 is 19.9 Å². The number of amides is 1. The summed E-state index contributed by atoms with van der Waals surface area (Å²) in [5, 5.41) is 10.7. The van der Waals surface area contributed by atoms with E-state index >= 15 is 0 Å². The van der Waals surface area contributed by atoms with Crippen LogP contribution in [0.3, 0.4) is 0 Å². The Balaban J connectivity index is 4.22. The highest BCUT2D eigenvalue weighted by atomic mass is 16.5. The van der Waals surface area contributed by atoms with Crippen LogP contribution in [-0.4, -0.2) is 42.9 Å². The molecule has 0 aromatic heterocycles. The maximum absolute atomic E-state index is 11.0. The molecule has 0 aliphatic carbocycles. The monoisotopic (exact) mass is 219 g/mol. The molecule has 86 valence electrons. The first kappa shape index (κ1) is 13.2. The predicted octanol–water partition coefficient (Wildman–Crippen LogP) is -0.251. The number of carboxylic acid groups (broad SMARTS) is 1. The Morgan fingerprint density at radius 2 is 2.00 bits per heavy atom. The first-order valence-corrected chi connectivity index (χ1v) is 4.24. The molecule has 15 heavy (non-hydrogen) atoms. The smallest absolute Gasteiger partial charge is 0.407 e. The topological polar surface area (TPSA) is 102 Å². The molecular formula is C8H13NO6. The highest BCUT2D eigenvalue weighted by Crippen LogP contribution is 1.96. The van der Waals surface area contributed by atoms with Crippen LogP contribution in [-0.2, 0) is 19.1 Å². The lowest BCUT2D eigenvalue weighted by molar-refractivity contribution is -0.149. The molecule has 0 fully saturated rings. The van der Waals surface area contributed by atoms with Gasteiger partial charge in [-0.1, -0.05) is 0 Å². The van der Waals surface area contributed by atoms with Gasteiger partial charge in [-0.25, -0.2) is 9.59 Å². The van der Waals surface area contributed by atoms with Crippen LogP contribution in [0.4, 0.5) is 4.79 Å². The number of alkyl carbamates (subject to hydrolysis) is 1. The normalized spacial score (nSPS) is 11.3. The molecule has 0 rings (SSSR count). The van der Waals surface area contributed by atoms with Crippen LogP contribution >= 0.6 is 0 Å². The number of esters is 1. The second kappa shape index (κ2) is 6.63. The van der Waals surface area contributed by atoms with E-state index in [2.05, 4.69) is 9.47 Å². The molecule has 0 saturated carbocycles. The third-order valence-electron chi connectivity index (χ3n) is 1.45. The van der Waals surface area contributed by atoms with Crippen molar-refractivity contribution in [3.63, 3.8) is 0 Å². The number of carbonyl (C=O) groups excluding carboxylic acids is 2. The fourth-order valence-electron chi connectivity index (χ4n) is 0.788. The Hall–Kier alpha value is -1.79. The SMILES string of the molecule is CCOC(=O)C[C@H](NC(=O)OC)C(=O)O. The van der Waals surface area contributed by atoms with Gasteiger partial charge in [0.1, 0.15) is 6.04 Å². The summed E-state index contributed by atoms with van der Waals surface area (Å²) in [7, 11) is 1.10. The van der Waals surface area contributed by atoms with Crippen molar-refractivity contribution < 1.29 is 29.0 Å². The van der Waals surface area contributed by atoms with Crippen molar-refractivity contribution in [3.05, 3.63) is 0 Å². The van der Waals surface area contributed by atoms with E-state index in [4.69, 9.17) is 5.11 Å². The zero-order valence-corrected chi connectivity index (χ0v) is 8.48. The van der Waals surface area contributed by atoms with Crippen molar-refractivity contribution >= 4 is 18.0 Å². The van der Waals surface area contributed by atoms with E-state index < -0.39 is 30.5 Å². The second-order valence-corrected chi connectivity index (χ2v) is 2.54. The number of hydrogen-bond acceptors (Lipinski definition) is 5. The molecular weight excluding hydrogens is 206 g/mol. The average molecular weight is 219 g/mol. The summed E-state index contributed by atoms with van der Waals surface area (Å²) in [5.41, 5.74) is 0. The van der Waals surface area contributed by atoms with Crippen molar-refractivity contribution in [2.75, 3.05) is 13.7 Å². The van der Waals surface area contributed by atoms with Gasteiger partial charge in [-0.3, -0.25) is 4.79 Å². The van der Waals surface area contributed by atoms with Crippen LogP contribution in [0, 0.1) is 0 Å². The zero-order chi connectivity index (χ0) is 11.8. The molecule has 0 bridgehead atoms. The lowest BCUT2D eigenvalue weighted by atomic mass is 10.2. The third kappa shape index (κ3) is 5.50. The Bertz CT molecular complexity index is 252. The van der Waals surface area contributed by atoms with Gasteiger partial charge in [0.2, 0.25) is 0 Å². The Morgan fingerprint density at radius 3 is 2.40 bits per heavy atom. The number of hydrogen-bond donors (Lipinski definition) is 2. The minimum atomic E-state index is -1.34. The highest BCUT2D eigenvalue weighted by molar-refractivity contribution is 5.85. The van der Waals surface area contributed by atoms with Gasteiger partial charge in [0, 0.05) is 0 Å². The van der Waals surface area contributed by atoms with Crippen LogP contribution < -0.4 is 5.32 Å². The number of ether oxygens (including phenoxy) is 2. The summed E-state index contributed by atoms with van der Waals surface area (Å²) in [6, 6.07) is -1.34. The van der Waals surface area contributed by atoms with E-state index in [1.54, 1.807) is 6.92 Å². The van der Waals surface area contributed by atoms with Gasteiger partial charge >= 0.3 is 18.0 Å². The lowest BCUT2D eigenvalue weighted by Gasteiger charge is -2.12. The van der Waals surface area contributed by atoms with Crippen molar-refractivity contribution in [1.29, 1.82) is 0 Å². The van der Waals surface area contributed by atoms with E-state index in [9.17, 15) is 14.4 Å². The second-order valence-electron chi connectivity index (χ2n) is 2.54. The van der Waals surface area contributed by atoms with E-state index in [0.29, 0.717) is 0 Å². The largest absolute Gasteiger partial charge is 0.480 e. The van der Waals surface area contributed by atoms with Crippen molar-refractivity contribution in [3.8, 4) is 0 Å². The molecule has 0 aromatic carbocycles. The molecule has 0 unspecified atom stereocenters. The summed E-state index contributed by atoms with van der Waals surface area (Å²) < 4.78 is 8.75. The third-order valence-corrected chi connectivity index (χ3v) is 1.45. The van der Waals surface area contributed by atoms with Crippen LogP contribution in [0.15, 0.2) is 0 Å². The Kier molecular flexibility index (Phi) is 5.84. The van der Waals surface area contributed by atoms with Gasteiger partial charge in [0.25, 0.3) is 0 Å². The van der Waals surface area contributed by atoms with E-state index in [0.717, 1.165) is 7.11 Å². The molecule has 0 heterocycles. The number of carbonyl (C=O) groups is 3. The molecule has 1 atom stereocenters. The minimum Gasteiger partial charge on any atom is -0.480 e. The van der Waals surface area contributed by atoms with Gasteiger partial charge in [-0.15, -0.1) is 0 Å². The fourth-order valence-corrected chi connectivity index (χ4v) is 0.788. The first-order chi connectivity index (χ1) is 7.01. The summed E-state index contributed by atoms with van der Waals surface area (Å²) in [6.07, 6.45) is -1.34. The van der Waals surface area contributed by atoms with Gasteiger partial charge in [0.15, 0.2) is 0 Å². The first-order valence-electron chi connectivity index (χ1n) is 4.24. The summed E-state index contributed by atoms with van der Waals surface area (Å²) in [5.74, 6) is -2.02. The minimum absolute atomic E-state index is 0.156. The van der Waals surface area contributed by atoms with Crippen molar-refractivity contribution in [1.82, 2.24) is 5.32 Å². The van der Waals surface area contributed by atoms with Crippen LogP contribution in [0.25, 0.3) is 0 Å². The number of nitrogens with one attached hydrogen (secondary N) is 1. The number of aliphatic carboxylic acids is 1. The van der Waals surface area contributed by atoms with E-state index in [1.807, 2.05) is 5.32 Å². The molecule has 0 saturated heterocycles. The van der Waals surface area contributed by atoms with Crippen molar-refractivity contribution in [2.45, 2.75) is 19.4 Å². The maximum Gasteiger partial charge on any atom is 0.407 e. The highest BCUT2D eigenvalue weighted by Gasteiger charge is 2.24. The molecule has 0 aliphatic heterocycles. The summed E-state index contributed by atoms with van der Waals surface area (Å²) >= 11 is 0. The summed E-state index contributed by atoms with van der Waals surface area (Å²) in [4.78, 5) is 32.3. The molecule has 0 spiro atoms. The Morgan fingerprint density at radius 1 is 1.40 bits per heavy atom. The van der Waals surface area contributed by atoms with Crippen LogP contribution in [0.2, 0.25) is 0 Å². The Labute approximate surface area is 86.3 Å². The molecule has 0 aromatic rings. The molecule has 0 aliphatic rings. The van der Waals surface area contributed by atoms with E-state index in [-0.39, 0.29) is 6.61 Å². The van der Waals surface area contributed by atoms with Crippen LogP contribution in [0.5, 0.6) is 0 Å².